The standard InChI is InChI=1S/C9H20OSi/c1-8(10)7-9(2,3)11(4,5)6/h7H2,1-6H3. The molecule has 0 radical (unpaired) electrons. The largest absolute Gasteiger partial charge is 0.300 e. The van der Waals surface area contributed by atoms with E-state index in [4.69, 9.17) is 0 Å². The normalized spacial score (nSPS) is 13.3. The van der Waals surface area contributed by atoms with Gasteiger partial charge in [0, 0.05) is 6.42 Å². The van der Waals surface area contributed by atoms with E-state index in [1.165, 1.54) is 0 Å². The Labute approximate surface area is 71.2 Å². The summed E-state index contributed by atoms with van der Waals surface area (Å²) in [6.45, 7) is 13.0. The lowest BCUT2D eigenvalue weighted by molar-refractivity contribution is -0.117. The Kier molecular flexibility index (Phi) is 3.06. The zero-order chi connectivity index (χ0) is 9.28. The highest BCUT2D eigenvalue weighted by molar-refractivity contribution is 6.79. The second-order valence-electron chi connectivity index (χ2n) is 5.01. The Morgan fingerprint density at radius 1 is 1.27 bits per heavy atom. The van der Waals surface area contributed by atoms with Crippen molar-refractivity contribution < 1.29 is 4.79 Å². The number of rotatable bonds is 3. The van der Waals surface area contributed by atoms with Crippen molar-refractivity contribution in [3.05, 3.63) is 0 Å². The first-order valence-electron chi connectivity index (χ1n) is 4.16. The fourth-order valence-corrected chi connectivity index (χ4v) is 1.67. The third-order valence-electron chi connectivity index (χ3n) is 2.72. The summed E-state index contributed by atoms with van der Waals surface area (Å²) >= 11 is 0. The van der Waals surface area contributed by atoms with Crippen molar-refractivity contribution in [3.63, 3.8) is 0 Å². The summed E-state index contributed by atoms with van der Waals surface area (Å²) < 4.78 is 0. The van der Waals surface area contributed by atoms with Gasteiger partial charge in [-0.15, -0.1) is 0 Å². The van der Waals surface area contributed by atoms with Crippen LogP contribution in [0.2, 0.25) is 24.7 Å². The average Bonchev–Trinajstić information content (AvgIpc) is 1.56. The third-order valence-corrected chi connectivity index (χ3v) is 6.96. The quantitative estimate of drug-likeness (QED) is 0.598. The fraction of sp³-hybridized carbons (Fsp3) is 0.889. The molecule has 0 aromatic rings. The first-order chi connectivity index (χ1) is 4.67. The molecule has 0 saturated heterocycles. The van der Waals surface area contributed by atoms with Crippen molar-refractivity contribution in [2.75, 3.05) is 0 Å². The second-order valence-corrected chi connectivity index (χ2v) is 10.9. The van der Waals surface area contributed by atoms with Crippen LogP contribution >= 0.6 is 0 Å². The first-order valence-corrected chi connectivity index (χ1v) is 7.66. The molecule has 11 heavy (non-hydrogen) atoms. The summed E-state index contributed by atoms with van der Waals surface area (Å²) in [7, 11) is -1.17. The van der Waals surface area contributed by atoms with Crippen LogP contribution in [0.15, 0.2) is 0 Å². The molecule has 2 heteroatoms. The summed E-state index contributed by atoms with van der Waals surface area (Å²) in [5.74, 6) is 0.317. The van der Waals surface area contributed by atoms with Gasteiger partial charge in [-0.05, 0) is 12.0 Å². The molecular weight excluding hydrogens is 152 g/mol. The van der Waals surface area contributed by atoms with Crippen molar-refractivity contribution in [3.8, 4) is 0 Å². The van der Waals surface area contributed by atoms with Gasteiger partial charge in [-0.1, -0.05) is 33.5 Å². The number of carbonyl (C=O) groups is 1. The maximum atomic E-state index is 10.9. The van der Waals surface area contributed by atoms with Gasteiger partial charge < -0.3 is 4.79 Å². The molecule has 0 fully saturated rings. The van der Waals surface area contributed by atoms with E-state index in [0.29, 0.717) is 5.78 Å². The van der Waals surface area contributed by atoms with E-state index < -0.39 is 8.07 Å². The minimum atomic E-state index is -1.17. The van der Waals surface area contributed by atoms with Crippen molar-refractivity contribution in [2.45, 2.75) is 51.9 Å². The molecular formula is C9H20OSi. The highest BCUT2D eigenvalue weighted by Gasteiger charge is 2.35. The van der Waals surface area contributed by atoms with E-state index >= 15 is 0 Å². The molecule has 0 amide bonds. The molecule has 0 aliphatic heterocycles. The molecule has 0 atom stereocenters. The van der Waals surface area contributed by atoms with E-state index in [9.17, 15) is 4.79 Å². The van der Waals surface area contributed by atoms with Crippen LogP contribution in [0.3, 0.4) is 0 Å². The summed E-state index contributed by atoms with van der Waals surface area (Å²) in [5, 5.41) is 0.249. The predicted molar refractivity (Wildman–Crippen MR) is 52.7 cm³/mol. The van der Waals surface area contributed by atoms with Gasteiger partial charge in [0.15, 0.2) is 0 Å². The molecule has 0 heterocycles. The minimum Gasteiger partial charge on any atom is -0.300 e. The molecule has 0 N–H and O–H groups in total. The molecule has 0 unspecified atom stereocenters. The summed E-state index contributed by atoms with van der Waals surface area (Å²) in [4.78, 5) is 10.9. The number of carbonyl (C=O) groups excluding carboxylic acids is 1. The minimum absolute atomic E-state index is 0.249. The van der Waals surface area contributed by atoms with Crippen LogP contribution < -0.4 is 0 Å². The number of hydrogen-bond donors (Lipinski definition) is 0. The Bertz CT molecular complexity index is 153. The zero-order valence-corrected chi connectivity index (χ0v) is 9.62. The zero-order valence-electron chi connectivity index (χ0n) is 8.62. The topological polar surface area (TPSA) is 17.1 Å². The molecule has 1 nitrogen and oxygen atoms in total. The van der Waals surface area contributed by atoms with Crippen LogP contribution in [0.25, 0.3) is 0 Å². The molecule has 0 spiro atoms. The van der Waals surface area contributed by atoms with Gasteiger partial charge in [0.05, 0.1) is 8.07 Å². The van der Waals surface area contributed by atoms with Gasteiger partial charge in [-0.3, -0.25) is 0 Å². The lowest BCUT2D eigenvalue weighted by atomic mass is 10.1. The molecule has 0 aliphatic carbocycles. The highest BCUT2D eigenvalue weighted by Crippen LogP contribution is 2.40. The van der Waals surface area contributed by atoms with Crippen LogP contribution in [-0.4, -0.2) is 13.9 Å². The van der Waals surface area contributed by atoms with Crippen molar-refractivity contribution in [1.82, 2.24) is 0 Å². The maximum Gasteiger partial charge on any atom is 0.130 e. The Morgan fingerprint density at radius 2 is 1.64 bits per heavy atom. The van der Waals surface area contributed by atoms with E-state index in [2.05, 4.69) is 33.5 Å². The summed E-state index contributed by atoms with van der Waals surface area (Å²) in [6, 6.07) is 0. The second kappa shape index (κ2) is 3.09. The average molecular weight is 172 g/mol. The molecule has 0 aliphatic rings. The summed E-state index contributed by atoms with van der Waals surface area (Å²) in [6.07, 6.45) is 0.739. The smallest absolute Gasteiger partial charge is 0.130 e. The van der Waals surface area contributed by atoms with Crippen molar-refractivity contribution in [2.24, 2.45) is 0 Å². The van der Waals surface area contributed by atoms with E-state index in [1.807, 2.05) is 0 Å². The van der Waals surface area contributed by atoms with E-state index in [1.54, 1.807) is 6.92 Å². The van der Waals surface area contributed by atoms with Gasteiger partial charge in [-0.2, -0.15) is 0 Å². The van der Waals surface area contributed by atoms with E-state index in [-0.39, 0.29) is 5.04 Å². The van der Waals surface area contributed by atoms with Crippen LogP contribution in [0.1, 0.15) is 27.2 Å². The van der Waals surface area contributed by atoms with Crippen molar-refractivity contribution in [1.29, 1.82) is 0 Å². The van der Waals surface area contributed by atoms with Gasteiger partial charge in [0.25, 0.3) is 0 Å². The molecule has 0 bridgehead atoms. The maximum absolute atomic E-state index is 10.9. The molecule has 0 rings (SSSR count). The van der Waals surface area contributed by atoms with Crippen LogP contribution in [0, 0.1) is 0 Å². The van der Waals surface area contributed by atoms with E-state index in [0.717, 1.165) is 6.42 Å². The predicted octanol–water partition coefficient (Wildman–Crippen LogP) is 3.08. The van der Waals surface area contributed by atoms with Crippen LogP contribution in [0.4, 0.5) is 0 Å². The lowest BCUT2D eigenvalue weighted by Crippen LogP contribution is -2.36. The number of hydrogen-bond acceptors (Lipinski definition) is 1. The van der Waals surface area contributed by atoms with Crippen LogP contribution in [0.5, 0.6) is 0 Å². The third kappa shape index (κ3) is 3.19. The lowest BCUT2D eigenvalue weighted by Gasteiger charge is -2.36. The van der Waals surface area contributed by atoms with Gasteiger partial charge in [-0.25, -0.2) is 0 Å². The monoisotopic (exact) mass is 172 g/mol. The Balaban J connectivity index is 4.34. The van der Waals surface area contributed by atoms with Crippen LogP contribution in [-0.2, 0) is 4.79 Å². The highest BCUT2D eigenvalue weighted by atomic mass is 28.3. The first kappa shape index (κ1) is 10.9. The Morgan fingerprint density at radius 3 is 1.73 bits per heavy atom. The Hall–Kier alpha value is -0.113. The number of ketones is 1. The molecule has 66 valence electrons. The summed E-state index contributed by atoms with van der Waals surface area (Å²) in [5.41, 5.74) is 0. The van der Waals surface area contributed by atoms with Crippen molar-refractivity contribution >= 4 is 13.9 Å². The molecule has 0 aromatic heterocycles. The van der Waals surface area contributed by atoms with Gasteiger partial charge in [0.1, 0.15) is 5.78 Å². The van der Waals surface area contributed by atoms with Gasteiger partial charge >= 0.3 is 0 Å². The molecule has 0 saturated carbocycles. The molecule has 0 aromatic carbocycles. The number of Topliss-reactive ketones (excluding diaryl/α,β-unsaturated/α-hetero) is 1. The SMILES string of the molecule is CC(=O)CC(C)(C)[Si](C)(C)C. The fourth-order valence-electron chi connectivity index (χ4n) is 0.888. The van der Waals surface area contributed by atoms with Gasteiger partial charge in [0.2, 0.25) is 0 Å².